The first-order chi connectivity index (χ1) is 62.4. The van der Waals surface area contributed by atoms with Gasteiger partial charge in [0, 0.05) is 93.0 Å². The molecule has 15 nitrogen and oxygen atoms in total. The summed E-state index contributed by atoms with van der Waals surface area (Å²) in [5, 5.41) is 31.0. The molecule has 0 radical (unpaired) electrons. The molecule has 128 heavy (non-hydrogen) atoms. The van der Waals surface area contributed by atoms with Crippen molar-refractivity contribution in [2.24, 2.45) is 0 Å². The summed E-state index contributed by atoms with van der Waals surface area (Å²) in [6.45, 7) is 51.0. The van der Waals surface area contributed by atoms with Gasteiger partial charge in [-0.1, -0.05) is 254 Å². The van der Waals surface area contributed by atoms with Gasteiger partial charge in [0.25, 0.3) is 0 Å². The van der Waals surface area contributed by atoms with Crippen LogP contribution in [0.1, 0.15) is 174 Å². The smallest absolute Gasteiger partial charge is 0.0731 e. The minimum atomic E-state index is 0.415. The average molecular weight is 1850 g/mol. The third kappa shape index (κ3) is 27.7. The molecule has 2 unspecified atom stereocenters. The molecule has 15 aromatic rings. The van der Waals surface area contributed by atoms with Crippen molar-refractivity contribution >= 4 is 169 Å². The third-order valence-electron chi connectivity index (χ3n) is 25.4. The summed E-state index contributed by atoms with van der Waals surface area (Å²) >= 11 is 7.22. The molecule has 0 aliphatic carbocycles. The molecule has 0 aliphatic heterocycles. The van der Waals surface area contributed by atoms with Gasteiger partial charge in [-0.2, -0.15) is 0 Å². The van der Waals surface area contributed by atoms with Crippen molar-refractivity contribution in [1.82, 2.24) is 49.4 Å². The molecule has 0 spiro atoms. The van der Waals surface area contributed by atoms with Crippen LogP contribution < -0.4 is 26.6 Å². The monoisotopic (exact) mass is 1850 g/mol. The first-order valence-corrected chi connectivity index (χ1v) is 49.8. The number of fused-ring (bicyclic) bond motifs is 10. The largest absolute Gasteiger partial charge is 0.381 e. The maximum Gasteiger partial charge on any atom is 0.0731 e. The normalized spacial score (nSPS) is 12.8. The number of nitrogens with zero attached hydrogens (tertiary/aromatic N) is 10. The van der Waals surface area contributed by atoms with Crippen molar-refractivity contribution in [3.8, 4) is 0 Å². The topological polar surface area (TPSA) is 141 Å². The van der Waals surface area contributed by atoms with E-state index in [0.29, 0.717) is 30.2 Å². The summed E-state index contributed by atoms with van der Waals surface area (Å²) in [6.07, 6.45) is 13.1. The fourth-order valence-electron chi connectivity index (χ4n) is 17.6. The molecule has 5 aromatic heterocycles. The number of rotatable bonds is 41. The highest BCUT2D eigenvalue weighted by Crippen LogP contribution is 2.39. The van der Waals surface area contributed by atoms with Crippen molar-refractivity contribution < 1.29 is 0 Å². The van der Waals surface area contributed by atoms with E-state index >= 15 is 0 Å². The Morgan fingerprint density at radius 3 is 0.609 bits per heavy atom. The lowest BCUT2D eigenvalue weighted by atomic mass is 10.0. The molecule has 678 valence electrons. The van der Waals surface area contributed by atoms with E-state index in [1.165, 1.54) is 166 Å². The predicted octanol–water partition coefficient (Wildman–Crippen LogP) is 28.5. The van der Waals surface area contributed by atoms with Gasteiger partial charge < -0.3 is 51.1 Å². The van der Waals surface area contributed by atoms with E-state index < -0.39 is 0 Å². The lowest BCUT2D eigenvalue weighted by Gasteiger charge is -2.23. The molecule has 5 N–H and O–H groups in total. The SMILES string of the molecule is CCC(CCCN(CC)CC)Nc1c2ccccc2nc2ccccc12.CCN(CC)CCCC(C)Nc1c2ccccc2nc2ccccc12.CCN(CC)CCC[C@@H](C)Nc1c2ccccc2nc2ccc(Br)cc12.CCN(CC)CCC[C@H](C)Nc1c2ccccc2nc2ccc(Br)cc12.CCN(CC)CCC[C@H](C)Nc1c2ccccc2nc2ccccc12. The summed E-state index contributed by atoms with van der Waals surface area (Å²) in [4.78, 5) is 36.6. The third-order valence-corrected chi connectivity index (χ3v) is 26.4. The number of aromatic nitrogens is 5. The molecule has 5 atom stereocenters. The van der Waals surface area contributed by atoms with Crippen LogP contribution in [-0.2, 0) is 0 Å². The fourth-order valence-corrected chi connectivity index (χ4v) is 18.3. The Bertz CT molecular complexity index is 5460. The average Bonchev–Trinajstić information content (AvgIpc) is 0.790. The molecule has 0 fully saturated rings. The van der Waals surface area contributed by atoms with E-state index in [1.807, 2.05) is 0 Å². The van der Waals surface area contributed by atoms with Crippen LogP contribution in [0.2, 0.25) is 0 Å². The maximum absolute atomic E-state index is 4.83. The summed E-state index contributed by atoms with van der Waals surface area (Å²) in [7, 11) is 0. The Morgan fingerprint density at radius 2 is 0.406 bits per heavy atom. The van der Waals surface area contributed by atoms with Crippen LogP contribution in [-0.4, -0.2) is 178 Å². The Kier molecular flexibility index (Phi) is 39.9. The van der Waals surface area contributed by atoms with Crippen LogP contribution in [0.3, 0.4) is 0 Å². The molecular weight excluding hydrogens is 1700 g/mol. The molecule has 0 aliphatic rings. The Labute approximate surface area is 782 Å². The lowest BCUT2D eigenvalue weighted by molar-refractivity contribution is 0.294. The highest BCUT2D eigenvalue weighted by molar-refractivity contribution is 9.10. The van der Waals surface area contributed by atoms with Gasteiger partial charge in [0.15, 0.2) is 0 Å². The molecule has 0 saturated heterocycles. The van der Waals surface area contributed by atoms with E-state index in [0.717, 1.165) is 149 Å². The quantitative estimate of drug-likeness (QED) is 0.0232. The number of hydrogen-bond acceptors (Lipinski definition) is 15. The standard InChI is InChI=1S/C23H31N3.2C22H28BrN3.2C22H29N3/c1-4-18(12-11-17-26(5-2)6-3)24-23-19-13-7-9-15-21(19)25-22-16-10-8-14-20(22)23;2*1-4-26(5-2)14-8-9-16(3)24-22-18-10-6-7-11-20(18)25-21-13-12-17(23)15-19(21)22;2*1-4-25(5-2)16-10-11-17(3)23-22-18-12-6-8-14-20(18)24-21-15-9-7-13-19(21)22/h7-10,13-16,18H,4-6,11-12,17H2,1-3H3,(H,24,25);2*6-7,10-13,15-16H,4-5,8-9,14H2,1-3H3,(H,24,25);2*6-9,12-15,17H,4-5,10-11,16H2,1-3H3,(H,23,24)/t;2*16-;17-;/m.100./s1. The van der Waals surface area contributed by atoms with Crippen LogP contribution in [0.15, 0.2) is 239 Å². The molecule has 0 saturated carbocycles. The van der Waals surface area contributed by atoms with E-state index in [9.17, 15) is 0 Å². The van der Waals surface area contributed by atoms with E-state index in [1.54, 1.807) is 0 Å². The van der Waals surface area contributed by atoms with E-state index in [-0.39, 0.29) is 0 Å². The number of pyridine rings is 5. The number of para-hydroxylation sites is 8. The zero-order valence-electron chi connectivity index (χ0n) is 79.4. The van der Waals surface area contributed by atoms with Crippen LogP contribution in [0.5, 0.6) is 0 Å². The van der Waals surface area contributed by atoms with Crippen molar-refractivity contribution in [2.45, 2.75) is 205 Å². The second-order valence-electron chi connectivity index (χ2n) is 34.2. The van der Waals surface area contributed by atoms with Gasteiger partial charge in [0.2, 0.25) is 0 Å². The van der Waals surface area contributed by atoms with Gasteiger partial charge >= 0.3 is 0 Å². The van der Waals surface area contributed by atoms with Gasteiger partial charge in [-0.25, -0.2) is 24.9 Å². The van der Waals surface area contributed by atoms with Crippen molar-refractivity contribution in [1.29, 1.82) is 0 Å². The van der Waals surface area contributed by atoms with Gasteiger partial charge in [0.05, 0.1) is 83.6 Å². The molecule has 15 rings (SSSR count). The molecule has 5 heterocycles. The van der Waals surface area contributed by atoms with Crippen LogP contribution in [0.4, 0.5) is 28.4 Å². The molecule has 17 heteroatoms. The highest BCUT2D eigenvalue weighted by atomic mass is 79.9. The zero-order chi connectivity index (χ0) is 90.7. The number of nitrogens with one attached hydrogen (secondary N) is 5. The number of benzene rings is 10. The first kappa shape index (κ1) is 98.9. The van der Waals surface area contributed by atoms with Crippen molar-refractivity contribution in [3.05, 3.63) is 239 Å². The first-order valence-electron chi connectivity index (χ1n) is 48.2. The number of anilines is 5. The summed E-state index contributed by atoms with van der Waals surface area (Å²) < 4.78 is 2.17. The second kappa shape index (κ2) is 51.6. The van der Waals surface area contributed by atoms with Crippen molar-refractivity contribution in [3.63, 3.8) is 0 Å². The van der Waals surface area contributed by atoms with Crippen molar-refractivity contribution in [2.75, 3.05) is 125 Å². The predicted molar refractivity (Wildman–Crippen MR) is 567 cm³/mol. The maximum atomic E-state index is 4.83. The summed E-state index contributed by atoms with van der Waals surface area (Å²) in [5.74, 6) is 0. The number of hydrogen-bond donors (Lipinski definition) is 5. The van der Waals surface area contributed by atoms with Gasteiger partial charge in [-0.3, -0.25) is 0 Å². The summed E-state index contributed by atoms with van der Waals surface area (Å²) in [5.41, 5.74) is 16.6. The molecule has 0 bridgehead atoms. The Hall–Kier alpha value is -9.69. The minimum Gasteiger partial charge on any atom is -0.381 e. The molecule has 0 amide bonds. The van der Waals surface area contributed by atoms with Crippen LogP contribution in [0, 0.1) is 0 Å². The fraction of sp³-hybridized carbons (Fsp3) is 0.414. The zero-order valence-corrected chi connectivity index (χ0v) is 82.6. The second-order valence-corrected chi connectivity index (χ2v) is 36.0. The van der Waals surface area contributed by atoms with E-state index in [2.05, 4.69) is 417 Å². The molecule has 10 aromatic carbocycles. The highest BCUT2D eigenvalue weighted by Gasteiger charge is 2.20. The Balaban J connectivity index is 0.000000155. The van der Waals surface area contributed by atoms with Gasteiger partial charge in [-0.15, -0.1) is 0 Å². The molecular formula is C111H145Br2N15. The van der Waals surface area contributed by atoms with Crippen LogP contribution >= 0.6 is 31.9 Å². The Morgan fingerprint density at radius 1 is 0.227 bits per heavy atom. The van der Waals surface area contributed by atoms with Crippen LogP contribution in [0.25, 0.3) is 109 Å². The van der Waals surface area contributed by atoms with E-state index in [4.69, 9.17) is 24.9 Å². The summed E-state index contributed by atoms with van der Waals surface area (Å²) in [6, 6.07) is 82.1. The number of halogens is 2. The van der Waals surface area contributed by atoms with Gasteiger partial charge in [-0.05, 0) is 281 Å². The van der Waals surface area contributed by atoms with Gasteiger partial charge in [0.1, 0.15) is 0 Å². The minimum absolute atomic E-state index is 0.415. The lowest BCUT2D eigenvalue weighted by Crippen LogP contribution is -2.26.